The number of carbonyl (C=O) groups is 1. The molecule has 1 aromatic carbocycles. The number of benzene rings is 1. The van der Waals surface area contributed by atoms with Crippen LogP contribution in [0.4, 0.5) is 0 Å². The van der Waals surface area contributed by atoms with Crippen LogP contribution >= 0.6 is 35.7 Å². The molecule has 0 unspecified atom stereocenters. The van der Waals surface area contributed by atoms with Crippen molar-refractivity contribution in [2.24, 2.45) is 0 Å². The van der Waals surface area contributed by atoms with Gasteiger partial charge in [0.25, 0.3) is 5.91 Å². The van der Waals surface area contributed by atoms with Gasteiger partial charge < -0.3 is 9.64 Å². The van der Waals surface area contributed by atoms with E-state index in [-0.39, 0.29) is 5.91 Å². The molecule has 0 radical (unpaired) electrons. The summed E-state index contributed by atoms with van der Waals surface area (Å²) in [6.07, 6.45) is 2.18. The molecule has 3 aliphatic rings. The van der Waals surface area contributed by atoms with Crippen LogP contribution in [0, 0.1) is 0 Å². The minimum absolute atomic E-state index is 0.0463. The summed E-state index contributed by atoms with van der Waals surface area (Å²) in [6, 6.07) is 10.4. The summed E-state index contributed by atoms with van der Waals surface area (Å²) in [5, 5.41) is 3.19. The summed E-state index contributed by atoms with van der Waals surface area (Å²) >= 11 is 8.68. The van der Waals surface area contributed by atoms with Crippen molar-refractivity contribution in [1.29, 1.82) is 0 Å². The van der Waals surface area contributed by atoms with Gasteiger partial charge in [-0.15, -0.1) is 0 Å². The third kappa shape index (κ3) is 4.78. The predicted molar refractivity (Wildman–Crippen MR) is 130 cm³/mol. The lowest BCUT2D eigenvalue weighted by molar-refractivity contribution is -0.122. The Morgan fingerprint density at radius 1 is 1.07 bits per heavy atom. The van der Waals surface area contributed by atoms with E-state index in [2.05, 4.69) is 46.4 Å². The fourth-order valence-corrected chi connectivity index (χ4v) is 6.23. The number of hydrogen-bond acceptors (Lipinski definition) is 7. The van der Waals surface area contributed by atoms with Gasteiger partial charge >= 0.3 is 0 Å². The Balaban J connectivity index is 1.52. The second-order valence-electron chi connectivity index (χ2n) is 7.41. The highest BCUT2D eigenvalue weighted by Crippen LogP contribution is 2.46. The Morgan fingerprint density at radius 2 is 1.83 bits per heavy atom. The van der Waals surface area contributed by atoms with Crippen molar-refractivity contribution >= 4 is 51.7 Å². The quantitative estimate of drug-likeness (QED) is 0.445. The van der Waals surface area contributed by atoms with E-state index < -0.39 is 0 Å². The lowest BCUT2D eigenvalue weighted by Crippen LogP contribution is -2.42. The molecule has 2 saturated heterocycles. The van der Waals surface area contributed by atoms with Crippen molar-refractivity contribution in [3.05, 3.63) is 51.2 Å². The first kappa shape index (κ1) is 21.9. The van der Waals surface area contributed by atoms with Crippen LogP contribution in [0.15, 0.2) is 45.7 Å². The molecule has 2 fully saturated rings. The van der Waals surface area contributed by atoms with Crippen LogP contribution < -0.4 is 0 Å². The highest BCUT2D eigenvalue weighted by Gasteiger charge is 2.38. The smallest absolute Gasteiger partial charge is 0.268 e. The van der Waals surface area contributed by atoms with Crippen LogP contribution in [-0.4, -0.2) is 70.9 Å². The Morgan fingerprint density at radius 3 is 2.57 bits per heavy atom. The molecule has 160 valence electrons. The monoisotopic (exact) mass is 461 g/mol. The second-order valence-corrected chi connectivity index (χ2v) is 9.91. The molecule has 30 heavy (non-hydrogen) atoms. The predicted octanol–water partition coefficient (Wildman–Crippen LogP) is 4.20. The van der Waals surface area contributed by atoms with Crippen molar-refractivity contribution < 1.29 is 9.53 Å². The minimum Gasteiger partial charge on any atom is -0.379 e. The van der Waals surface area contributed by atoms with Crippen molar-refractivity contribution in [1.82, 2.24) is 14.7 Å². The number of unbranched alkanes of at least 4 members (excludes halogenated alkanes) is 1. The number of ether oxygens (including phenoxy) is 1. The van der Waals surface area contributed by atoms with Crippen LogP contribution in [0.1, 0.15) is 25.3 Å². The zero-order chi connectivity index (χ0) is 20.9. The Labute approximate surface area is 192 Å². The molecule has 1 aromatic rings. The third-order valence-electron chi connectivity index (χ3n) is 5.41. The van der Waals surface area contributed by atoms with Crippen LogP contribution in [0.2, 0.25) is 0 Å². The van der Waals surface area contributed by atoms with E-state index in [0.29, 0.717) is 10.9 Å². The molecule has 0 spiro atoms. The molecule has 4 rings (SSSR count). The number of thioether (sulfide) groups is 2. The molecule has 0 aromatic heterocycles. The maximum Gasteiger partial charge on any atom is 0.268 e. The molecule has 0 saturated carbocycles. The van der Waals surface area contributed by atoms with E-state index in [1.54, 1.807) is 16.7 Å². The lowest BCUT2D eigenvalue weighted by atomic mass is 10.1. The van der Waals surface area contributed by atoms with Crippen molar-refractivity contribution in [3.8, 4) is 0 Å². The van der Waals surface area contributed by atoms with Gasteiger partial charge in [-0.1, -0.05) is 79.4 Å². The summed E-state index contributed by atoms with van der Waals surface area (Å²) in [6.45, 7) is 7.93. The average molecular weight is 462 g/mol. The first-order valence-electron chi connectivity index (χ1n) is 10.5. The van der Waals surface area contributed by atoms with E-state index in [4.69, 9.17) is 17.0 Å². The molecule has 3 aliphatic heterocycles. The van der Waals surface area contributed by atoms with Gasteiger partial charge in [0.1, 0.15) is 9.23 Å². The highest BCUT2D eigenvalue weighted by atomic mass is 32.2. The normalized spacial score (nSPS) is 22.9. The largest absolute Gasteiger partial charge is 0.379 e. The molecule has 0 bridgehead atoms. The SMILES string of the molecule is CCCCN1C(c2ccccc2)=CS/C1=C1/SC(=S)N(CCN2CCOCC2)C1=O. The standard InChI is InChI=1S/C22H27N3O2S3/c1-2-3-9-24-18(17-7-5-4-6-8-17)16-29-21(24)19-20(26)25(22(28)30-19)11-10-23-12-14-27-15-13-23/h4-8,16H,2-3,9-15H2,1H3/b21-19+. The van der Waals surface area contributed by atoms with Gasteiger partial charge in [-0.2, -0.15) is 0 Å². The van der Waals surface area contributed by atoms with Gasteiger partial charge in [0, 0.05) is 38.1 Å². The van der Waals surface area contributed by atoms with Gasteiger partial charge in [0.15, 0.2) is 0 Å². The second kappa shape index (κ2) is 10.3. The van der Waals surface area contributed by atoms with Gasteiger partial charge in [0.05, 0.1) is 23.9 Å². The highest BCUT2D eigenvalue weighted by molar-refractivity contribution is 8.27. The first-order valence-corrected chi connectivity index (χ1v) is 12.6. The lowest BCUT2D eigenvalue weighted by Gasteiger charge is -2.28. The number of amides is 1. The number of hydrogen-bond donors (Lipinski definition) is 0. The first-order chi connectivity index (χ1) is 14.7. The molecule has 8 heteroatoms. The summed E-state index contributed by atoms with van der Waals surface area (Å²) < 4.78 is 6.08. The minimum atomic E-state index is 0.0463. The zero-order valence-electron chi connectivity index (χ0n) is 17.2. The summed E-state index contributed by atoms with van der Waals surface area (Å²) in [5.41, 5.74) is 2.35. The molecular formula is C22H27N3O2S3. The molecule has 3 heterocycles. The topological polar surface area (TPSA) is 36.0 Å². The zero-order valence-corrected chi connectivity index (χ0v) is 19.7. The molecular weight excluding hydrogens is 434 g/mol. The Bertz CT molecular complexity index is 850. The van der Waals surface area contributed by atoms with Crippen LogP contribution in [-0.2, 0) is 9.53 Å². The van der Waals surface area contributed by atoms with Crippen molar-refractivity contribution in [2.45, 2.75) is 19.8 Å². The maximum absolute atomic E-state index is 13.3. The molecule has 1 amide bonds. The number of thiocarbonyl (C=S) groups is 1. The van der Waals surface area contributed by atoms with E-state index >= 15 is 0 Å². The number of carbonyl (C=O) groups excluding carboxylic acids is 1. The fraction of sp³-hybridized carbons (Fsp3) is 0.455. The number of morpholine rings is 1. The van der Waals surface area contributed by atoms with E-state index in [1.165, 1.54) is 23.0 Å². The Kier molecular flexibility index (Phi) is 7.54. The molecule has 0 aliphatic carbocycles. The summed E-state index contributed by atoms with van der Waals surface area (Å²) in [7, 11) is 0. The van der Waals surface area contributed by atoms with Crippen LogP contribution in [0.5, 0.6) is 0 Å². The maximum atomic E-state index is 13.3. The molecule has 0 atom stereocenters. The number of nitrogens with zero attached hydrogens (tertiary/aromatic N) is 3. The Hall–Kier alpha value is -1.32. The fourth-order valence-electron chi connectivity index (χ4n) is 3.68. The van der Waals surface area contributed by atoms with Crippen molar-refractivity contribution in [2.75, 3.05) is 45.9 Å². The van der Waals surface area contributed by atoms with Gasteiger partial charge in [-0.3, -0.25) is 14.6 Å². The van der Waals surface area contributed by atoms with E-state index in [1.807, 2.05) is 6.07 Å². The summed E-state index contributed by atoms with van der Waals surface area (Å²) in [5.74, 6) is 0.0463. The summed E-state index contributed by atoms with van der Waals surface area (Å²) in [4.78, 5) is 20.5. The number of rotatable bonds is 7. The third-order valence-corrected chi connectivity index (χ3v) is 7.97. The van der Waals surface area contributed by atoms with Gasteiger partial charge in [0.2, 0.25) is 0 Å². The van der Waals surface area contributed by atoms with Gasteiger partial charge in [-0.05, 0) is 12.0 Å². The van der Waals surface area contributed by atoms with E-state index in [0.717, 1.165) is 62.2 Å². The van der Waals surface area contributed by atoms with Crippen LogP contribution in [0.3, 0.4) is 0 Å². The van der Waals surface area contributed by atoms with Gasteiger partial charge in [-0.25, -0.2) is 0 Å². The molecule has 0 N–H and O–H groups in total. The van der Waals surface area contributed by atoms with Crippen LogP contribution in [0.25, 0.3) is 5.70 Å². The van der Waals surface area contributed by atoms with Crippen molar-refractivity contribution in [3.63, 3.8) is 0 Å². The molecule has 5 nitrogen and oxygen atoms in total. The van der Waals surface area contributed by atoms with E-state index in [9.17, 15) is 4.79 Å². The average Bonchev–Trinajstić information content (AvgIpc) is 3.32.